The van der Waals surface area contributed by atoms with Crippen LogP contribution in [-0.4, -0.2) is 24.4 Å². The molecule has 0 fully saturated rings. The van der Waals surface area contributed by atoms with Gasteiger partial charge in [-0.15, -0.1) is 0 Å². The molecule has 0 aromatic carbocycles. The summed E-state index contributed by atoms with van der Waals surface area (Å²) in [5.41, 5.74) is 0. The van der Waals surface area contributed by atoms with Crippen molar-refractivity contribution in [1.29, 1.82) is 0 Å². The molecular weight excluding hydrogens is 116 g/mol. The van der Waals surface area contributed by atoms with Crippen molar-refractivity contribution >= 4 is 0 Å². The van der Waals surface area contributed by atoms with E-state index >= 15 is 0 Å². The molecule has 0 amide bonds. The first-order chi connectivity index (χ1) is 4.27. The van der Waals surface area contributed by atoms with E-state index < -0.39 is 0 Å². The minimum atomic E-state index is 0.0987. The van der Waals surface area contributed by atoms with Crippen molar-refractivity contribution in [3.05, 3.63) is 12.2 Å². The smallest absolute Gasteiger partial charge is 0.0651 e. The number of ether oxygens (including phenoxy) is 1. The maximum atomic E-state index is 8.29. The minimum Gasteiger partial charge on any atom is -0.392 e. The summed E-state index contributed by atoms with van der Waals surface area (Å²) in [5.74, 6) is 0. The van der Waals surface area contributed by atoms with Crippen molar-refractivity contribution in [2.75, 3.05) is 13.2 Å². The Morgan fingerprint density at radius 2 is 2.11 bits per heavy atom. The molecule has 54 valence electrons. The van der Waals surface area contributed by atoms with E-state index in [9.17, 15) is 0 Å². The van der Waals surface area contributed by atoms with Crippen LogP contribution in [0.4, 0.5) is 0 Å². The van der Waals surface area contributed by atoms with Crippen LogP contribution in [0.2, 0.25) is 0 Å². The minimum absolute atomic E-state index is 0.0987. The molecule has 0 atom stereocenters. The average molecular weight is 130 g/mol. The highest BCUT2D eigenvalue weighted by molar-refractivity contribution is 4.80. The second-order valence-corrected chi connectivity index (χ2v) is 2.04. The third-order valence-electron chi connectivity index (χ3n) is 0.798. The van der Waals surface area contributed by atoms with Crippen LogP contribution in [0.1, 0.15) is 13.8 Å². The Balaban J connectivity index is 2.99. The lowest BCUT2D eigenvalue weighted by Gasteiger charge is -2.01. The predicted octanol–water partition coefficient (Wildman–Crippen LogP) is 0.960. The molecule has 0 unspecified atom stereocenters. The fourth-order valence-corrected chi connectivity index (χ4v) is 0.391. The lowest BCUT2D eigenvalue weighted by atomic mass is 10.5. The second-order valence-electron chi connectivity index (χ2n) is 2.04. The average Bonchev–Trinajstić information content (AvgIpc) is 1.80. The number of aliphatic hydroxyl groups is 1. The first-order valence-electron chi connectivity index (χ1n) is 3.15. The maximum Gasteiger partial charge on any atom is 0.0651 e. The van der Waals surface area contributed by atoms with Crippen LogP contribution in [0, 0.1) is 0 Å². The zero-order valence-corrected chi connectivity index (χ0v) is 6.00. The zero-order chi connectivity index (χ0) is 7.11. The van der Waals surface area contributed by atoms with Crippen LogP contribution < -0.4 is 0 Å². The Morgan fingerprint density at radius 3 is 2.56 bits per heavy atom. The summed E-state index contributed by atoms with van der Waals surface area (Å²) in [5, 5.41) is 8.29. The van der Waals surface area contributed by atoms with Crippen molar-refractivity contribution in [1.82, 2.24) is 0 Å². The van der Waals surface area contributed by atoms with Crippen molar-refractivity contribution in [3.8, 4) is 0 Å². The van der Waals surface area contributed by atoms with Crippen LogP contribution in [0.15, 0.2) is 12.2 Å². The highest BCUT2D eigenvalue weighted by atomic mass is 16.5. The highest BCUT2D eigenvalue weighted by Crippen LogP contribution is 1.86. The third-order valence-corrected chi connectivity index (χ3v) is 0.798. The number of hydrogen-bond donors (Lipinski definition) is 1. The summed E-state index contributed by atoms with van der Waals surface area (Å²) in [4.78, 5) is 0. The SMILES string of the molecule is CC(C)OC/C=C\CO. The van der Waals surface area contributed by atoms with Crippen molar-refractivity contribution in [2.24, 2.45) is 0 Å². The summed E-state index contributed by atoms with van der Waals surface area (Å²) in [7, 11) is 0. The van der Waals surface area contributed by atoms with Crippen LogP contribution >= 0.6 is 0 Å². The summed E-state index contributed by atoms with van der Waals surface area (Å²) >= 11 is 0. The van der Waals surface area contributed by atoms with E-state index in [0.29, 0.717) is 6.61 Å². The second kappa shape index (κ2) is 5.79. The fraction of sp³-hybridized carbons (Fsp3) is 0.714. The predicted molar refractivity (Wildman–Crippen MR) is 37.3 cm³/mol. The van der Waals surface area contributed by atoms with Gasteiger partial charge in [0, 0.05) is 0 Å². The van der Waals surface area contributed by atoms with E-state index in [-0.39, 0.29) is 12.7 Å². The Bertz CT molecular complexity index is 77.0. The first-order valence-corrected chi connectivity index (χ1v) is 3.15. The van der Waals surface area contributed by atoms with Gasteiger partial charge in [-0.1, -0.05) is 12.2 Å². The molecule has 0 saturated heterocycles. The molecule has 0 bridgehead atoms. The summed E-state index contributed by atoms with van der Waals surface area (Å²) < 4.78 is 5.15. The van der Waals surface area contributed by atoms with Crippen molar-refractivity contribution in [3.63, 3.8) is 0 Å². The molecule has 0 rings (SSSR count). The largest absolute Gasteiger partial charge is 0.392 e. The van der Waals surface area contributed by atoms with Gasteiger partial charge in [0.25, 0.3) is 0 Å². The molecule has 0 aromatic rings. The van der Waals surface area contributed by atoms with E-state index in [1.807, 2.05) is 13.8 Å². The van der Waals surface area contributed by atoms with E-state index in [4.69, 9.17) is 9.84 Å². The standard InChI is InChI=1S/C7H14O2/c1-7(2)9-6-4-3-5-8/h3-4,7-8H,5-6H2,1-2H3/b4-3-. The van der Waals surface area contributed by atoms with Gasteiger partial charge in [0.05, 0.1) is 19.3 Å². The Labute approximate surface area is 56.1 Å². The van der Waals surface area contributed by atoms with E-state index in [0.717, 1.165) is 0 Å². The molecule has 1 N–H and O–H groups in total. The number of rotatable bonds is 4. The topological polar surface area (TPSA) is 29.5 Å². The maximum absolute atomic E-state index is 8.29. The Morgan fingerprint density at radius 1 is 1.44 bits per heavy atom. The van der Waals surface area contributed by atoms with Crippen LogP contribution in [0.3, 0.4) is 0 Å². The Kier molecular flexibility index (Phi) is 5.57. The van der Waals surface area contributed by atoms with E-state index in [1.165, 1.54) is 0 Å². The first kappa shape index (κ1) is 8.66. The van der Waals surface area contributed by atoms with Crippen LogP contribution in [-0.2, 0) is 4.74 Å². The molecule has 0 aliphatic heterocycles. The summed E-state index contributed by atoms with van der Waals surface area (Å²) in [6, 6.07) is 0. The molecular formula is C7H14O2. The van der Waals surface area contributed by atoms with Gasteiger partial charge in [-0.3, -0.25) is 0 Å². The van der Waals surface area contributed by atoms with Crippen LogP contribution in [0.25, 0.3) is 0 Å². The van der Waals surface area contributed by atoms with Gasteiger partial charge < -0.3 is 9.84 Å². The van der Waals surface area contributed by atoms with Crippen molar-refractivity contribution in [2.45, 2.75) is 20.0 Å². The lowest BCUT2D eigenvalue weighted by Crippen LogP contribution is -2.01. The summed E-state index contributed by atoms with van der Waals surface area (Å²) in [6.45, 7) is 4.65. The van der Waals surface area contributed by atoms with Gasteiger partial charge in [-0.05, 0) is 13.8 Å². The molecule has 0 aliphatic rings. The van der Waals surface area contributed by atoms with Gasteiger partial charge >= 0.3 is 0 Å². The van der Waals surface area contributed by atoms with E-state index in [1.54, 1.807) is 12.2 Å². The van der Waals surface area contributed by atoms with E-state index in [2.05, 4.69) is 0 Å². The van der Waals surface area contributed by atoms with Gasteiger partial charge in [-0.25, -0.2) is 0 Å². The zero-order valence-electron chi connectivity index (χ0n) is 6.00. The normalized spacial score (nSPS) is 11.6. The molecule has 0 spiro atoms. The summed E-state index contributed by atoms with van der Waals surface area (Å²) in [6.07, 6.45) is 3.75. The van der Waals surface area contributed by atoms with Gasteiger partial charge in [0.2, 0.25) is 0 Å². The molecule has 2 nitrogen and oxygen atoms in total. The van der Waals surface area contributed by atoms with Crippen molar-refractivity contribution < 1.29 is 9.84 Å². The molecule has 0 radical (unpaired) electrons. The Hall–Kier alpha value is -0.340. The van der Waals surface area contributed by atoms with Gasteiger partial charge in [0.15, 0.2) is 0 Å². The molecule has 2 heteroatoms. The quantitative estimate of drug-likeness (QED) is 0.574. The van der Waals surface area contributed by atoms with Crippen LogP contribution in [0.5, 0.6) is 0 Å². The monoisotopic (exact) mass is 130 g/mol. The van der Waals surface area contributed by atoms with Gasteiger partial charge in [0.1, 0.15) is 0 Å². The number of aliphatic hydroxyl groups excluding tert-OH is 1. The molecule has 0 saturated carbocycles. The molecule has 0 heterocycles. The lowest BCUT2D eigenvalue weighted by molar-refractivity contribution is 0.102. The van der Waals surface area contributed by atoms with Gasteiger partial charge in [-0.2, -0.15) is 0 Å². The molecule has 9 heavy (non-hydrogen) atoms. The number of hydrogen-bond acceptors (Lipinski definition) is 2. The molecule has 0 aromatic heterocycles. The highest BCUT2D eigenvalue weighted by Gasteiger charge is 1.86. The fourth-order valence-electron chi connectivity index (χ4n) is 0.391. The third kappa shape index (κ3) is 7.66. The molecule has 0 aliphatic carbocycles.